The first-order valence-corrected chi connectivity index (χ1v) is 12.7. The average Bonchev–Trinajstić information content (AvgIpc) is 2.98. The van der Waals surface area contributed by atoms with Crippen LogP contribution in [0.2, 0.25) is 0 Å². The maximum absolute atomic E-state index is 13.6. The number of methoxy groups -OCH3 is 6. The summed E-state index contributed by atoms with van der Waals surface area (Å²) in [6.45, 7) is 5.86. The van der Waals surface area contributed by atoms with E-state index in [1.54, 1.807) is 6.07 Å². The fraction of sp³-hybridized carbons (Fsp3) is 0.464. The molecule has 3 aromatic rings. The van der Waals surface area contributed by atoms with Crippen molar-refractivity contribution < 1.29 is 38.0 Å². The standard InChI is InChI=1S/C28H37N3O9/c1-9-30(10-2)15-18(40-28(33)17-11-21(34-3)25(38-7)22(12-17)35-4)16-31-27(32)19-13-23(36-5)26(39-8)24(37-6)20(19)14-29-31/h11-14,18H,9-10,15-16H2,1-8H3. The number of nitrogens with zero attached hydrogens (tertiary/aromatic N) is 3. The first-order valence-electron chi connectivity index (χ1n) is 12.7. The monoisotopic (exact) mass is 559 g/mol. The highest BCUT2D eigenvalue weighted by atomic mass is 16.6. The van der Waals surface area contributed by atoms with E-state index in [0.717, 1.165) is 13.1 Å². The number of rotatable bonds is 14. The van der Waals surface area contributed by atoms with Crippen molar-refractivity contribution in [3.8, 4) is 34.5 Å². The van der Waals surface area contributed by atoms with E-state index in [9.17, 15) is 9.59 Å². The molecule has 3 rings (SSSR count). The molecule has 1 unspecified atom stereocenters. The van der Waals surface area contributed by atoms with Crippen LogP contribution in [0.15, 0.2) is 29.2 Å². The lowest BCUT2D eigenvalue weighted by atomic mass is 10.1. The molecule has 0 aliphatic heterocycles. The Labute approximate surface area is 233 Å². The predicted molar refractivity (Wildman–Crippen MR) is 149 cm³/mol. The lowest BCUT2D eigenvalue weighted by Gasteiger charge is -2.26. The number of aromatic nitrogens is 2. The highest BCUT2D eigenvalue weighted by Gasteiger charge is 2.25. The Morgan fingerprint density at radius 1 is 0.800 bits per heavy atom. The van der Waals surface area contributed by atoms with Crippen molar-refractivity contribution in [3.05, 3.63) is 40.3 Å². The number of benzene rings is 2. The second-order valence-electron chi connectivity index (χ2n) is 8.67. The van der Waals surface area contributed by atoms with Crippen molar-refractivity contribution in [1.29, 1.82) is 0 Å². The van der Waals surface area contributed by atoms with Crippen LogP contribution in [-0.2, 0) is 11.3 Å². The van der Waals surface area contributed by atoms with Gasteiger partial charge in [-0.25, -0.2) is 9.48 Å². The fourth-order valence-corrected chi connectivity index (χ4v) is 4.45. The molecule has 40 heavy (non-hydrogen) atoms. The normalized spacial score (nSPS) is 11.7. The van der Waals surface area contributed by atoms with E-state index in [4.69, 9.17) is 33.2 Å². The molecule has 1 heterocycles. The summed E-state index contributed by atoms with van der Waals surface area (Å²) in [5.41, 5.74) is -0.190. The fourth-order valence-electron chi connectivity index (χ4n) is 4.45. The third-order valence-electron chi connectivity index (χ3n) is 6.57. The number of fused-ring (bicyclic) bond motifs is 1. The van der Waals surface area contributed by atoms with Gasteiger partial charge in [-0.2, -0.15) is 5.10 Å². The van der Waals surface area contributed by atoms with Crippen molar-refractivity contribution in [1.82, 2.24) is 14.7 Å². The quantitative estimate of drug-likeness (QED) is 0.271. The molecule has 0 N–H and O–H groups in total. The Hall–Kier alpha value is -4.19. The third kappa shape index (κ3) is 6.17. The average molecular weight is 560 g/mol. The first-order chi connectivity index (χ1) is 19.3. The van der Waals surface area contributed by atoms with Crippen molar-refractivity contribution in [2.75, 3.05) is 62.3 Å². The van der Waals surface area contributed by atoms with Gasteiger partial charge in [0.05, 0.1) is 71.7 Å². The number of carbonyl (C=O) groups excluding carboxylic acids is 1. The van der Waals surface area contributed by atoms with E-state index < -0.39 is 17.6 Å². The first kappa shape index (κ1) is 30.4. The molecule has 0 saturated heterocycles. The molecular formula is C28H37N3O9. The molecule has 0 spiro atoms. The van der Waals surface area contributed by atoms with Gasteiger partial charge in [0.25, 0.3) is 5.56 Å². The highest BCUT2D eigenvalue weighted by Crippen LogP contribution is 2.42. The van der Waals surface area contributed by atoms with Gasteiger partial charge in [0.15, 0.2) is 23.0 Å². The van der Waals surface area contributed by atoms with Crippen LogP contribution in [0.1, 0.15) is 24.2 Å². The minimum Gasteiger partial charge on any atom is -0.493 e. The van der Waals surface area contributed by atoms with E-state index in [2.05, 4.69) is 10.00 Å². The number of hydrogen-bond acceptors (Lipinski definition) is 11. The molecule has 0 fully saturated rings. The van der Waals surface area contributed by atoms with Gasteiger partial charge >= 0.3 is 5.97 Å². The van der Waals surface area contributed by atoms with Gasteiger partial charge in [-0.15, -0.1) is 0 Å². The summed E-state index contributed by atoms with van der Waals surface area (Å²) in [6, 6.07) is 4.62. The lowest BCUT2D eigenvalue weighted by Crippen LogP contribution is -2.40. The minimum absolute atomic E-state index is 0.0120. The van der Waals surface area contributed by atoms with Crippen molar-refractivity contribution in [3.63, 3.8) is 0 Å². The Morgan fingerprint density at radius 2 is 1.35 bits per heavy atom. The minimum atomic E-state index is -0.712. The van der Waals surface area contributed by atoms with Crippen LogP contribution >= 0.6 is 0 Å². The molecule has 0 aliphatic carbocycles. The van der Waals surface area contributed by atoms with Gasteiger partial charge in [-0.05, 0) is 31.3 Å². The summed E-state index contributed by atoms with van der Waals surface area (Å²) in [4.78, 5) is 29.0. The van der Waals surface area contributed by atoms with Crippen molar-refractivity contribution in [2.24, 2.45) is 0 Å². The Morgan fingerprint density at radius 3 is 1.85 bits per heavy atom. The number of ether oxygens (including phenoxy) is 7. The Kier molecular flexibility index (Phi) is 10.4. The van der Waals surface area contributed by atoms with Crippen molar-refractivity contribution >= 4 is 16.7 Å². The number of hydrogen-bond donors (Lipinski definition) is 0. The molecule has 0 bridgehead atoms. The van der Waals surface area contributed by atoms with Gasteiger partial charge < -0.3 is 38.1 Å². The number of carbonyl (C=O) groups is 1. The van der Waals surface area contributed by atoms with Gasteiger partial charge in [0.2, 0.25) is 11.5 Å². The SMILES string of the molecule is CCN(CC)CC(Cn1ncc2c(OC)c(OC)c(OC)cc2c1=O)OC(=O)c1cc(OC)c(OC)c(OC)c1. The maximum Gasteiger partial charge on any atom is 0.338 e. The largest absolute Gasteiger partial charge is 0.493 e. The van der Waals surface area contributed by atoms with E-state index in [0.29, 0.717) is 51.8 Å². The molecule has 1 aromatic heterocycles. The predicted octanol–water partition coefficient (Wildman–Crippen LogP) is 3.02. The van der Waals surface area contributed by atoms with E-state index in [1.165, 1.54) is 65.7 Å². The van der Waals surface area contributed by atoms with Crippen LogP contribution in [0.4, 0.5) is 0 Å². The highest BCUT2D eigenvalue weighted by molar-refractivity contribution is 5.92. The zero-order valence-corrected chi connectivity index (χ0v) is 24.2. The van der Waals surface area contributed by atoms with Gasteiger partial charge in [-0.3, -0.25) is 4.79 Å². The van der Waals surface area contributed by atoms with Gasteiger partial charge in [-0.1, -0.05) is 13.8 Å². The molecular weight excluding hydrogens is 522 g/mol. The summed E-state index contributed by atoms with van der Waals surface area (Å²) in [6.07, 6.45) is 0.809. The summed E-state index contributed by atoms with van der Waals surface area (Å²) < 4.78 is 39.7. The third-order valence-corrected chi connectivity index (χ3v) is 6.57. The Bertz CT molecular complexity index is 1360. The smallest absolute Gasteiger partial charge is 0.338 e. The Balaban J connectivity index is 2.02. The van der Waals surface area contributed by atoms with Crippen LogP contribution in [0.3, 0.4) is 0 Å². The zero-order chi connectivity index (χ0) is 29.4. The summed E-state index contributed by atoms with van der Waals surface area (Å²) in [5, 5.41) is 5.15. The van der Waals surface area contributed by atoms with Crippen LogP contribution in [0.5, 0.6) is 34.5 Å². The second kappa shape index (κ2) is 13.7. The molecule has 0 aliphatic rings. The number of likely N-dealkylation sites (N-methyl/N-ethyl adjacent to an activating group) is 1. The molecule has 218 valence electrons. The number of esters is 1. The van der Waals surface area contributed by atoms with E-state index in [-0.39, 0.29) is 12.1 Å². The summed E-state index contributed by atoms with van der Waals surface area (Å²) in [5.74, 6) is 1.42. The molecule has 0 saturated carbocycles. The van der Waals surface area contributed by atoms with Crippen LogP contribution in [-0.4, -0.2) is 89.0 Å². The van der Waals surface area contributed by atoms with E-state index >= 15 is 0 Å². The second-order valence-corrected chi connectivity index (χ2v) is 8.67. The van der Waals surface area contributed by atoms with Crippen LogP contribution in [0.25, 0.3) is 10.8 Å². The van der Waals surface area contributed by atoms with Crippen LogP contribution in [0, 0.1) is 0 Å². The molecule has 0 amide bonds. The molecule has 12 nitrogen and oxygen atoms in total. The van der Waals surface area contributed by atoms with Gasteiger partial charge in [0.1, 0.15) is 6.10 Å². The molecule has 0 radical (unpaired) electrons. The topological polar surface area (TPSA) is 120 Å². The summed E-state index contributed by atoms with van der Waals surface area (Å²) >= 11 is 0. The molecule has 1 atom stereocenters. The van der Waals surface area contributed by atoms with E-state index in [1.807, 2.05) is 13.8 Å². The zero-order valence-electron chi connectivity index (χ0n) is 24.2. The maximum atomic E-state index is 13.6. The van der Waals surface area contributed by atoms with Crippen LogP contribution < -0.4 is 34.0 Å². The lowest BCUT2D eigenvalue weighted by molar-refractivity contribution is 0.0149. The molecule has 2 aromatic carbocycles. The van der Waals surface area contributed by atoms with Gasteiger partial charge in [0, 0.05) is 6.54 Å². The van der Waals surface area contributed by atoms with Crippen molar-refractivity contribution in [2.45, 2.75) is 26.5 Å². The molecule has 12 heteroatoms. The summed E-state index contributed by atoms with van der Waals surface area (Å²) in [7, 11) is 8.85.